The number of Topliss-reactive ketones (excluding diaryl/α,β-unsaturated/α-hetero) is 1. The number of hydrazine groups is 1. The molecule has 1 aliphatic heterocycles. The molecule has 0 aliphatic carbocycles. The van der Waals surface area contributed by atoms with Crippen LogP contribution in [0.5, 0.6) is 0 Å². The number of primary amides is 1. The summed E-state index contributed by atoms with van der Waals surface area (Å²) in [6.07, 6.45) is 36.4. The Balaban J connectivity index is -0.000000663. The number of carbonyl (C=O) groups excluding carboxylic acids is 5. The Labute approximate surface area is 442 Å². The van der Waals surface area contributed by atoms with Gasteiger partial charge in [0.05, 0.1) is 39.6 Å². The third-order valence-corrected chi connectivity index (χ3v) is 11.7. The van der Waals surface area contributed by atoms with Crippen LogP contribution in [0.1, 0.15) is 221 Å². The van der Waals surface area contributed by atoms with Crippen LogP contribution < -0.4 is 27.9 Å². The molecule has 16 nitrogen and oxygen atoms in total. The average Bonchev–Trinajstić information content (AvgIpc) is 3.36. The lowest BCUT2D eigenvalue weighted by molar-refractivity contribution is -0.122. The topological polar surface area (TPSA) is 225 Å². The van der Waals surface area contributed by atoms with Crippen LogP contribution in [-0.2, 0) is 38.2 Å². The van der Waals surface area contributed by atoms with Crippen molar-refractivity contribution >= 4 is 30.3 Å². The summed E-state index contributed by atoms with van der Waals surface area (Å²) in [5.41, 5.74) is 10.7. The minimum absolute atomic E-state index is 0.0593. The molecule has 8 N–H and O–H groups in total. The monoisotopic (exact) mass is 1030 g/mol. The summed E-state index contributed by atoms with van der Waals surface area (Å²) in [6, 6.07) is 0. The highest BCUT2D eigenvalue weighted by Crippen LogP contribution is 2.15. The minimum atomic E-state index is -0.0593. The van der Waals surface area contributed by atoms with E-state index in [0.29, 0.717) is 84.8 Å². The van der Waals surface area contributed by atoms with Gasteiger partial charge in [-0.05, 0) is 53.1 Å². The van der Waals surface area contributed by atoms with Crippen LogP contribution in [-0.4, -0.2) is 145 Å². The Morgan fingerprint density at radius 1 is 0.528 bits per heavy atom. The zero-order valence-corrected chi connectivity index (χ0v) is 47.8. The van der Waals surface area contributed by atoms with E-state index < -0.39 is 0 Å². The van der Waals surface area contributed by atoms with Crippen LogP contribution in [0.2, 0.25) is 0 Å². The molecular weight excluding hydrogens is 913 g/mol. The first kappa shape index (κ1) is 75.4. The van der Waals surface area contributed by atoms with E-state index in [4.69, 9.17) is 30.6 Å². The number of piperazine rings is 1. The van der Waals surface area contributed by atoms with Crippen molar-refractivity contribution < 1.29 is 38.2 Å². The number of unbranched alkanes of at least 4 members (excludes halogenated alkanes) is 21. The Morgan fingerprint density at radius 2 is 0.875 bits per heavy atom. The number of ether oxygens (including phenoxy) is 3. The largest absolute Gasteiger partial charge is 0.401 e. The summed E-state index contributed by atoms with van der Waals surface area (Å²) in [6.45, 7) is 19.5. The number of ketones is 1. The SMILES string of the molecule is CC.CCCCCCCCCCCCCCCCCCCCCCC(=O)NCCOCCOCCOCCNC(=O)CCCC=O.CCCCN(N)/C=C(\N)CCCC(C)=O.CN1CCN(C)CC1.NC=O. The number of allylic oxidation sites excluding steroid dienone is 1. The first-order valence-corrected chi connectivity index (χ1v) is 28.7. The van der Waals surface area contributed by atoms with Gasteiger partial charge in [-0.1, -0.05) is 156 Å². The molecule has 0 spiro atoms. The molecule has 428 valence electrons. The van der Waals surface area contributed by atoms with Gasteiger partial charge in [0.2, 0.25) is 18.2 Å². The Hall–Kier alpha value is -3.15. The van der Waals surface area contributed by atoms with Crippen molar-refractivity contribution in [3.05, 3.63) is 11.9 Å². The van der Waals surface area contributed by atoms with E-state index in [1.54, 1.807) is 18.1 Å². The van der Waals surface area contributed by atoms with Crippen LogP contribution in [0.15, 0.2) is 11.9 Å². The number of nitrogens with zero attached hydrogens (tertiary/aromatic N) is 3. The van der Waals surface area contributed by atoms with Crippen LogP contribution in [0, 0.1) is 0 Å². The average molecular weight is 1030 g/mol. The van der Waals surface area contributed by atoms with E-state index in [-0.39, 0.29) is 24.0 Å². The van der Waals surface area contributed by atoms with Gasteiger partial charge in [-0.2, -0.15) is 0 Å². The molecule has 0 aromatic carbocycles. The van der Waals surface area contributed by atoms with E-state index >= 15 is 0 Å². The number of carbonyl (C=O) groups is 5. The highest BCUT2D eigenvalue weighted by molar-refractivity contribution is 5.76. The van der Waals surface area contributed by atoms with Gasteiger partial charge in [0.15, 0.2) is 0 Å². The van der Waals surface area contributed by atoms with Crippen molar-refractivity contribution in [2.75, 3.05) is 99.5 Å². The van der Waals surface area contributed by atoms with Crippen molar-refractivity contribution in [1.29, 1.82) is 0 Å². The summed E-state index contributed by atoms with van der Waals surface area (Å²) in [4.78, 5) is 57.7. The van der Waals surface area contributed by atoms with Crippen molar-refractivity contribution in [3.8, 4) is 0 Å². The first-order valence-electron chi connectivity index (χ1n) is 28.7. The van der Waals surface area contributed by atoms with Gasteiger partial charge in [-0.15, -0.1) is 0 Å². The third-order valence-electron chi connectivity index (χ3n) is 11.7. The maximum atomic E-state index is 12.0. The zero-order chi connectivity index (χ0) is 54.4. The molecule has 3 amide bonds. The van der Waals surface area contributed by atoms with E-state index in [1.807, 2.05) is 13.8 Å². The number of likely N-dealkylation sites (N-methyl/N-ethyl adjacent to an activating group) is 2. The smallest absolute Gasteiger partial charge is 0.220 e. The molecule has 1 saturated heterocycles. The summed E-state index contributed by atoms with van der Waals surface area (Å²) in [5.74, 6) is 5.96. The first-order chi connectivity index (χ1) is 35.0. The normalized spacial score (nSPS) is 12.4. The third kappa shape index (κ3) is 71.1. The second-order valence-electron chi connectivity index (χ2n) is 18.7. The molecule has 0 bridgehead atoms. The van der Waals surface area contributed by atoms with Crippen LogP contribution >= 0.6 is 0 Å². The molecule has 0 atom stereocenters. The zero-order valence-electron chi connectivity index (χ0n) is 47.8. The van der Waals surface area contributed by atoms with Gasteiger partial charge in [-0.3, -0.25) is 14.4 Å². The highest BCUT2D eigenvalue weighted by atomic mass is 16.5. The molecule has 0 unspecified atom stereocenters. The maximum Gasteiger partial charge on any atom is 0.220 e. The number of aldehydes is 1. The van der Waals surface area contributed by atoms with Gasteiger partial charge < -0.3 is 60.7 Å². The fraction of sp³-hybridized carbons (Fsp3) is 0.875. The van der Waals surface area contributed by atoms with Crippen molar-refractivity contribution in [2.24, 2.45) is 17.3 Å². The van der Waals surface area contributed by atoms with Crippen LogP contribution in [0.25, 0.3) is 0 Å². The van der Waals surface area contributed by atoms with Crippen LogP contribution in [0.3, 0.4) is 0 Å². The molecule has 1 rings (SSSR count). The lowest BCUT2D eigenvalue weighted by Gasteiger charge is -2.28. The Kier molecular flexibility index (Phi) is 68.9. The number of hydrogen-bond acceptors (Lipinski definition) is 13. The molecule has 0 aromatic heterocycles. The molecule has 1 aliphatic rings. The summed E-state index contributed by atoms with van der Waals surface area (Å²) < 4.78 is 16.3. The second-order valence-corrected chi connectivity index (χ2v) is 18.7. The van der Waals surface area contributed by atoms with E-state index in [0.717, 1.165) is 57.1 Å². The standard InChI is InChI=1S/C36H70N2O6.C11H23N3O.C6H14N2.C2H6.CH3NO/c1-2-3-4-5-6-7-8-9-10-11-12-13-14-15-16-17-18-19-20-21-24-35(40)37-26-29-42-31-33-44-34-32-43-30-27-38-36(41)25-22-23-28-39;1-3-4-8-14(13)9-11(12)7-5-6-10(2)15;1-7-3-5-8(2)6-4-7;1-2;2-1-3/h28H,2-27,29-34H2,1H3,(H,37,40)(H,38,41);9H,3-8,12-13H2,1-2H3;3-6H2,1-2H3;1-2H3;1H,(H2,2,3)/b;11-9-;;;. The molecule has 16 heteroatoms. The van der Waals surface area contributed by atoms with Gasteiger partial charge in [-0.25, -0.2) is 5.84 Å². The number of hydrogen-bond donors (Lipinski definition) is 5. The quantitative estimate of drug-likeness (QED) is 0.0166. The minimum Gasteiger partial charge on any atom is -0.401 e. The molecule has 72 heavy (non-hydrogen) atoms. The van der Waals surface area contributed by atoms with Gasteiger partial charge in [0.1, 0.15) is 12.1 Å². The fourth-order valence-electron chi connectivity index (χ4n) is 7.26. The number of rotatable bonds is 45. The van der Waals surface area contributed by atoms with Gasteiger partial charge in [0, 0.05) is 83.4 Å². The highest BCUT2D eigenvalue weighted by Gasteiger charge is 2.08. The Morgan fingerprint density at radius 3 is 1.24 bits per heavy atom. The second kappa shape index (κ2) is 65.9. The van der Waals surface area contributed by atoms with Crippen molar-refractivity contribution in [2.45, 2.75) is 221 Å². The summed E-state index contributed by atoms with van der Waals surface area (Å²) in [7, 11) is 4.35. The van der Waals surface area contributed by atoms with E-state index in [2.05, 4.69) is 54.1 Å². The Bertz CT molecular complexity index is 1170. The number of nitrogens with one attached hydrogen (secondary N) is 2. The maximum absolute atomic E-state index is 12.0. The van der Waals surface area contributed by atoms with E-state index in [9.17, 15) is 19.2 Å². The summed E-state index contributed by atoms with van der Waals surface area (Å²) >= 11 is 0. The molecular formula is C56H116N8O8. The van der Waals surface area contributed by atoms with E-state index in [1.165, 1.54) is 142 Å². The molecule has 1 fully saturated rings. The molecule has 0 aromatic rings. The van der Waals surface area contributed by atoms with Gasteiger partial charge >= 0.3 is 0 Å². The summed E-state index contributed by atoms with van der Waals surface area (Å²) in [5, 5.41) is 7.29. The molecule has 1 heterocycles. The molecule has 0 radical (unpaired) electrons. The van der Waals surface area contributed by atoms with Gasteiger partial charge in [0.25, 0.3) is 0 Å². The lowest BCUT2D eigenvalue weighted by Crippen LogP contribution is -2.42. The number of amides is 3. The lowest BCUT2D eigenvalue weighted by atomic mass is 10.0. The predicted molar refractivity (Wildman–Crippen MR) is 300 cm³/mol. The molecule has 0 saturated carbocycles. The fourth-order valence-corrected chi connectivity index (χ4v) is 7.26. The van der Waals surface area contributed by atoms with Crippen molar-refractivity contribution in [3.63, 3.8) is 0 Å². The van der Waals surface area contributed by atoms with Crippen molar-refractivity contribution in [1.82, 2.24) is 25.4 Å². The van der Waals surface area contributed by atoms with Crippen LogP contribution in [0.4, 0.5) is 0 Å². The number of nitrogens with two attached hydrogens (primary N) is 3. The predicted octanol–water partition coefficient (Wildman–Crippen LogP) is 9.36.